The fourth-order valence-electron chi connectivity index (χ4n) is 2.02. The van der Waals surface area contributed by atoms with E-state index in [0.717, 1.165) is 0 Å². The molecular formula is C16H28N2O5. The van der Waals surface area contributed by atoms with Crippen molar-refractivity contribution in [1.29, 1.82) is 5.41 Å². The van der Waals surface area contributed by atoms with Crippen molar-refractivity contribution < 1.29 is 23.9 Å². The number of nitrogens with one attached hydrogen (secondary N) is 2. The number of Topliss-reactive ketones (excluding diaryl/α,β-unsaturated/α-hetero) is 1. The maximum Gasteiger partial charge on any atom is 0.328 e. The van der Waals surface area contributed by atoms with Gasteiger partial charge in [0.15, 0.2) is 5.78 Å². The van der Waals surface area contributed by atoms with E-state index in [1.165, 1.54) is 7.11 Å². The number of carbonyl (C=O) groups excluding carboxylic acids is 3. The number of rotatable bonds is 9. The molecule has 0 aromatic rings. The van der Waals surface area contributed by atoms with E-state index < -0.39 is 35.2 Å². The van der Waals surface area contributed by atoms with Crippen molar-refractivity contribution in [2.75, 3.05) is 7.11 Å². The van der Waals surface area contributed by atoms with Gasteiger partial charge in [0.2, 0.25) is 5.91 Å². The van der Waals surface area contributed by atoms with E-state index >= 15 is 0 Å². The minimum atomic E-state index is -0.950. The molecule has 23 heavy (non-hydrogen) atoms. The summed E-state index contributed by atoms with van der Waals surface area (Å²) in [5.41, 5.74) is -0.448. The first kappa shape index (κ1) is 21.2. The standard InChI is InChI=1S/C16H28N2O5/c1-10(2)23-15(21)12(8-7-11(19)9-17)18-14(20)13(22-6)16(3,4)5/h9-10,12-13,17H,7-8H2,1-6H3,(H,18,20)/t12-,13+/m0/s1. The van der Waals surface area contributed by atoms with Crippen molar-refractivity contribution >= 4 is 23.9 Å². The lowest BCUT2D eigenvalue weighted by molar-refractivity contribution is -0.154. The summed E-state index contributed by atoms with van der Waals surface area (Å²) in [6.45, 7) is 8.95. The first-order chi connectivity index (χ1) is 10.5. The number of amides is 1. The molecule has 0 aromatic heterocycles. The van der Waals surface area contributed by atoms with Gasteiger partial charge in [0, 0.05) is 13.5 Å². The number of hydrogen-bond donors (Lipinski definition) is 2. The van der Waals surface area contributed by atoms with Crippen LogP contribution in [0.25, 0.3) is 0 Å². The number of ether oxygens (including phenoxy) is 2. The molecule has 7 nitrogen and oxygen atoms in total. The van der Waals surface area contributed by atoms with Crippen LogP contribution < -0.4 is 5.32 Å². The van der Waals surface area contributed by atoms with Gasteiger partial charge in [-0.3, -0.25) is 9.59 Å². The monoisotopic (exact) mass is 328 g/mol. The molecule has 7 heteroatoms. The minimum absolute atomic E-state index is 0.0190. The van der Waals surface area contributed by atoms with Crippen LogP contribution in [-0.2, 0) is 23.9 Å². The van der Waals surface area contributed by atoms with Crippen LogP contribution in [0, 0.1) is 10.8 Å². The van der Waals surface area contributed by atoms with Gasteiger partial charge in [0.05, 0.1) is 12.3 Å². The SMILES string of the molecule is CO[C@H](C(=O)N[C@@H](CCC(=O)C=N)C(=O)OC(C)C)C(C)(C)C. The van der Waals surface area contributed by atoms with Gasteiger partial charge in [-0.05, 0) is 25.7 Å². The molecule has 0 rings (SSSR count). The van der Waals surface area contributed by atoms with Gasteiger partial charge in [-0.25, -0.2) is 4.79 Å². The highest BCUT2D eigenvalue weighted by Gasteiger charge is 2.34. The molecule has 0 heterocycles. The van der Waals surface area contributed by atoms with Crippen molar-refractivity contribution in [2.45, 2.75) is 65.7 Å². The van der Waals surface area contributed by atoms with E-state index in [4.69, 9.17) is 14.9 Å². The molecule has 0 bridgehead atoms. The third kappa shape index (κ3) is 7.88. The smallest absolute Gasteiger partial charge is 0.328 e. The number of hydrogen-bond acceptors (Lipinski definition) is 6. The van der Waals surface area contributed by atoms with Crippen LogP contribution in [0.1, 0.15) is 47.5 Å². The average molecular weight is 328 g/mol. The summed E-state index contributed by atoms with van der Waals surface area (Å²) in [5.74, 6) is -1.45. The number of ketones is 1. The third-order valence-electron chi connectivity index (χ3n) is 3.05. The number of methoxy groups -OCH3 is 1. The van der Waals surface area contributed by atoms with Crippen LogP contribution in [-0.4, -0.2) is 49.2 Å². The molecule has 2 atom stereocenters. The third-order valence-corrected chi connectivity index (χ3v) is 3.05. The molecule has 0 fully saturated rings. The molecule has 0 unspecified atom stereocenters. The van der Waals surface area contributed by atoms with Crippen LogP contribution in [0.15, 0.2) is 0 Å². The zero-order valence-electron chi connectivity index (χ0n) is 14.8. The van der Waals surface area contributed by atoms with Gasteiger partial charge in [0.25, 0.3) is 0 Å². The van der Waals surface area contributed by atoms with Gasteiger partial charge < -0.3 is 20.2 Å². The first-order valence-electron chi connectivity index (χ1n) is 7.59. The molecule has 0 aliphatic heterocycles. The van der Waals surface area contributed by atoms with E-state index in [2.05, 4.69) is 5.32 Å². The molecular weight excluding hydrogens is 300 g/mol. The highest BCUT2D eigenvalue weighted by Crippen LogP contribution is 2.22. The fourth-order valence-corrected chi connectivity index (χ4v) is 2.02. The van der Waals surface area contributed by atoms with Crippen LogP contribution in [0.4, 0.5) is 0 Å². The van der Waals surface area contributed by atoms with Crippen LogP contribution in [0.2, 0.25) is 0 Å². The van der Waals surface area contributed by atoms with Crippen LogP contribution >= 0.6 is 0 Å². The Balaban J connectivity index is 5.04. The fraction of sp³-hybridized carbons (Fsp3) is 0.750. The second-order valence-corrected chi connectivity index (χ2v) is 6.68. The highest BCUT2D eigenvalue weighted by atomic mass is 16.5. The molecule has 0 aliphatic carbocycles. The van der Waals surface area contributed by atoms with E-state index in [1.807, 2.05) is 20.8 Å². The molecule has 2 N–H and O–H groups in total. The summed E-state index contributed by atoms with van der Waals surface area (Å²) < 4.78 is 10.3. The minimum Gasteiger partial charge on any atom is -0.461 e. The van der Waals surface area contributed by atoms with Crippen LogP contribution in [0.5, 0.6) is 0 Å². The summed E-state index contributed by atoms with van der Waals surface area (Å²) in [5, 5.41) is 9.49. The maximum atomic E-state index is 12.4. The Labute approximate surface area is 137 Å². The lowest BCUT2D eigenvalue weighted by Crippen LogP contribution is -2.50. The predicted molar refractivity (Wildman–Crippen MR) is 86.4 cm³/mol. The van der Waals surface area contributed by atoms with Crippen molar-refractivity contribution in [1.82, 2.24) is 5.32 Å². The highest BCUT2D eigenvalue weighted by molar-refractivity contribution is 6.26. The van der Waals surface area contributed by atoms with Crippen molar-refractivity contribution in [3.8, 4) is 0 Å². The van der Waals surface area contributed by atoms with Gasteiger partial charge in [-0.1, -0.05) is 20.8 Å². The molecule has 1 amide bonds. The van der Waals surface area contributed by atoms with Crippen molar-refractivity contribution in [2.24, 2.45) is 5.41 Å². The van der Waals surface area contributed by atoms with E-state index in [1.54, 1.807) is 13.8 Å². The van der Waals surface area contributed by atoms with E-state index in [-0.39, 0.29) is 18.9 Å². The molecule has 0 saturated carbocycles. The Morgan fingerprint density at radius 2 is 1.78 bits per heavy atom. The van der Waals surface area contributed by atoms with Gasteiger partial charge in [-0.15, -0.1) is 0 Å². The Hall–Kier alpha value is -1.76. The molecule has 0 radical (unpaired) electrons. The zero-order chi connectivity index (χ0) is 18.2. The average Bonchev–Trinajstić information content (AvgIpc) is 2.41. The largest absolute Gasteiger partial charge is 0.461 e. The predicted octanol–water partition coefficient (Wildman–Crippen LogP) is 1.48. The van der Waals surface area contributed by atoms with Gasteiger partial charge >= 0.3 is 5.97 Å². The van der Waals surface area contributed by atoms with Crippen molar-refractivity contribution in [3.05, 3.63) is 0 Å². The number of esters is 1. The van der Waals surface area contributed by atoms with Gasteiger partial charge in [0.1, 0.15) is 12.1 Å². The summed E-state index contributed by atoms with van der Waals surface area (Å²) in [6.07, 6.45) is -0.322. The van der Waals surface area contributed by atoms with E-state index in [0.29, 0.717) is 6.21 Å². The Bertz CT molecular complexity index is 440. The summed E-state index contributed by atoms with van der Waals surface area (Å²) >= 11 is 0. The molecule has 0 aliphatic rings. The second-order valence-electron chi connectivity index (χ2n) is 6.68. The van der Waals surface area contributed by atoms with Gasteiger partial charge in [-0.2, -0.15) is 0 Å². The quantitative estimate of drug-likeness (QED) is 0.492. The summed E-state index contributed by atoms with van der Waals surface area (Å²) in [6, 6.07) is -0.950. The summed E-state index contributed by atoms with van der Waals surface area (Å²) in [7, 11) is 1.43. The van der Waals surface area contributed by atoms with E-state index in [9.17, 15) is 14.4 Å². The normalized spacial score (nSPS) is 14.0. The second kappa shape index (κ2) is 9.39. The zero-order valence-corrected chi connectivity index (χ0v) is 14.8. The Morgan fingerprint density at radius 3 is 2.17 bits per heavy atom. The Kier molecular flexibility index (Phi) is 8.68. The molecule has 0 aromatic carbocycles. The lowest BCUT2D eigenvalue weighted by Gasteiger charge is -2.29. The molecule has 0 spiro atoms. The summed E-state index contributed by atoms with van der Waals surface area (Å²) in [4.78, 5) is 35.7. The first-order valence-corrected chi connectivity index (χ1v) is 7.59. The lowest BCUT2D eigenvalue weighted by atomic mass is 9.88. The molecule has 0 saturated heterocycles. The number of carbonyl (C=O) groups is 3. The maximum absolute atomic E-state index is 12.4. The van der Waals surface area contributed by atoms with Crippen LogP contribution in [0.3, 0.4) is 0 Å². The topological polar surface area (TPSA) is 106 Å². The molecule has 132 valence electrons. The Morgan fingerprint density at radius 1 is 1.22 bits per heavy atom. The van der Waals surface area contributed by atoms with Crippen molar-refractivity contribution in [3.63, 3.8) is 0 Å².